The minimum atomic E-state index is -0.889. The number of fused-ring (bicyclic) bond motifs is 1. The minimum absolute atomic E-state index is 0.622. The molecule has 2 rings (SSSR count). The standard InChI is InChI=1S/C14H18BO2S/c1-13(2,16)14(3,4)17-15-12-9-10-7-5-6-8-11(10)18-12/h5-9,16H,1-4H3. The monoisotopic (exact) mass is 261 g/mol. The number of hydrogen-bond donors (Lipinski definition) is 1. The predicted molar refractivity (Wildman–Crippen MR) is 78.7 cm³/mol. The van der Waals surface area contributed by atoms with Crippen LogP contribution in [0.4, 0.5) is 0 Å². The fourth-order valence-electron chi connectivity index (χ4n) is 1.41. The Morgan fingerprint density at radius 1 is 1.17 bits per heavy atom. The molecule has 0 aliphatic carbocycles. The fraction of sp³-hybridized carbons (Fsp3) is 0.429. The van der Waals surface area contributed by atoms with Gasteiger partial charge in [0.2, 0.25) is 0 Å². The molecule has 0 aliphatic rings. The molecule has 1 aromatic heterocycles. The SMILES string of the molecule is CC(C)(O)C(C)(C)O[B]c1cc2ccccc2s1. The highest BCUT2D eigenvalue weighted by Gasteiger charge is 2.35. The van der Waals surface area contributed by atoms with Crippen molar-refractivity contribution in [3.63, 3.8) is 0 Å². The maximum Gasteiger partial charge on any atom is 0.341 e. The molecule has 0 saturated heterocycles. The van der Waals surface area contributed by atoms with Crippen LogP contribution in [0.3, 0.4) is 0 Å². The summed E-state index contributed by atoms with van der Waals surface area (Å²) in [6.45, 7) is 7.28. The van der Waals surface area contributed by atoms with Gasteiger partial charge in [0.05, 0.1) is 11.2 Å². The van der Waals surface area contributed by atoms with Gasteiger partial charge in [-0.15, -0.1) is 11.3 Å². The van der Waals surface area contributed by atoms with Crippen LogP contribution in [-0.4, -0.2) is 23.8 Å². The Balaban J connectivity index is 2.11. The molecule has 1 N–H and O–H groups in total. The molecule has 0 saturated carbocycles. The van der Waals surface area contributed by atoms with E-state index in [1.807, 2.05) is 26.0 Å². The van der Waals surface area contributed by atoms with E-state index in [4.69, 9.17) is 4.65 Å². The van der Waals surface area contributed by atoms with Gasteiger partial charge < -0.3 is 9.76 Å². The van der Waals surface area contributed by atoms with E-state index in [9.17, 15) is 5.11 Å². The third kappa shape index (κ3) is 2.77. The maximum atomic E-state index is 10.0. The Hall–Kier alpha value is -0.835. The quantitative estimate of drug-likeness (QED) is 0.857. The summed E-state index contributed by atoms with van der Waals surface area (Å²) in [5.74, 6) is 0. The fourth-order valence-corrected chi connectivity index (χ4v) is 2.34. The molecule has 2 aromatic rings. The maximum absolute atomic E-state index is 10.0. The summed E-state index contributed by atoms with van der Waals surface area (Å²) in [6.07, 6.45) is 0. The largest absolute Gasteiger partial charge is 0.426 e. The molecule has 0 atom stereocenters. The van der Waals surface area contributed by atoms with E-state index < -0.39 is 11.2 Å². The van der Waals surface area contributed by atoms with Crippen molar-refractivity contribution < 1.29 is 9.76 Å². The van der Waals surface area contributed by atoms with Gasteiger partial charge in [-0.05, 0) is 45.2 Å². The van der Waals surface area contributed by atoms with Crippen LogP contribution in [0.25, 0.3) is 10.1 Å². The summed E-state index contributed by atoms with van der Waals surface area (Å²) in [5.41, 5.74) is -1.51. The molecule has 1 radical (unpaired) electrons. The molecule has 4 heteroatoms. The first kappa shape index (κ1) is 13.6. The molecule has 2 nitrogen and oxygen atoms in total. The Kier molecular flexibility index (Phi) is 3.54. The Labute approximate surface area is 113 Å². The highest BCUT2D eigenvalue weighted by Crippen LogP contribution is 2.25. The Morgan fingerprint density at radius 2 is 1.83 bits per heavy atom. The summed E-state index contributed by atoms with van der Waals surface area (Å²) in [5, 5.41) is 11.2. The lowest BCUT2D eigenvalue weighted by atomic mass is 9.86. The lowest BCUT2D eigenvalue weighted by molar-refractivity contribution is -0.0892. The van der Waals surface area contributed by atoms with Gasteiger partial charge in [0.15, 0.2) is 0 Å². The molecule has 0 bridgehead atoms. The van der Waals surface area contributed by atoms with Gasteiger partial charge in [0.1, 0.15) is 0 Å². The van der Waals surface area contributed by atoms with Crippen molar-refractivity contribution in [2.45, 2.75) is 38.9 Å². The van der Waals surface area contributed by atoms with Gasteiger partial charge >= 0.3 is 7.48 Å². The molecule has 0 unspecified atom stereocenters. The van der Waals surface area contributed by atoms with Crippen LogP contribution >= 0.6 is 11.3 Å². The van der Waals surface area contributed by atoms with E-state index >= 15 is 0 Å². The Bertz CT molecular complexity index is 507. The predicted octanol–water partition coefficient (Wildman–Crippen LogP) is 2.71. The molecule has 18 heavy (non-hydrogen) atoms. The normalized spacial score (nSPS) is 12.9. The van der Waals surface area contributed by atoms with Crippen LogP contribution in [-0.2, 0) is 4.65 Å². The summed E-state index contributed by atoms with van der Waals surface area (Å²) >= 11 is 1.69. The lowest BCUT2D eigenvalue weighted by Crippen LogP contribution is -2.49. The van der Waals surface area contributed by atoms with Crippen molar-refractivity contribution >= 4 is 33.7 Å². The number of benzene rings is 1. The third-order valence-corrected chi connectivity index (χ3v) is 4.43. The minimum Gasteiger partial charge on any atom is -0.426 e. The average Bonchev–Trinajstić information content (AvgIpc) is 2.67. The van der Waals surface area contributed by atoms with E-state index in [1.165, 1.54) is 10.1 Å². The highest BCUT2D eigenvalue weighted by atomic mass is 32.1. The van der Waals surface area contributed by atoms with Gasteiger partial charge in [-0.25, -0.2) is 0 Å². The van der Waals surface area contributed by atoms with E-state index in [0.717, 1.165) is 4.78 Å². The first-order valence-corrected chi connectivity index (χ1v) is 6.83. The van der Waals surface area contributed by atoms with E-state index in [2.05, 4.69) is 18.2 Å². The van der Waals surface area contributed by atoms with E-state index in [-0.39, 0.29) is 0 Å². The number of thiophene rings is 1. The smallest absolute Gasteiger partial charge is 0.341 e. The number of aliphatic hydroxyl groups is 1. The zero-order valence-electron chi connectivity index (χ0n) is 11.2. The molecule has 95 valence electrons. The second kappa shape index (κ2) is 4.69. The first-order valence-electron chi connectivity index (χ1n) is 6.02. The number of hydrogen-bond acceptors (Lipinski definition) is 3. The van der Waals surface area contributed by atoms with Gasteiger partial charge in [0, 0.05) is 9.48 Å². The second-order valence-corrected chi connectivity index (χ2v) is 6.61. The molecule has 0 spiro atoms. The summed E-state index contributed by atoms with van der Waals surface area (Å²) in [7, 11) is 1.74. The molecule has 1 heterocycles. The first-order chi connectivity index (χ1) is 8.29. The van der Waals surface area contributed by atoms with Crippen LogP contribution in [0.1, 0.15) is 27.7 Å². The van der Waals surface area contributed by atoms with Crippen LogP contribution < -0.4 is 4.78 Å². The third-order valence-electron chi connectivity index (χ3n) is 3.39. The van der Waals surface area contributed by atoms with Crippen LogP contribution in [0, 0.1) is 0 Å². The van der Waals surface area contributed by atoms with Crippen molar-refractivity contribution in [1.82, 2.24) is 0 Å². The van der Waals surface area contributed by atoms with Gasteiger partial charge in [-0.1, -0.05) is 18.2 Å². The van der Waals surface area contributed by atoms with Crippen LogP contribution in [0.15, 0.2) is 30.3 Å². The van der Waals surface area contributed by atoms with Gasteiger partial charge in [-0.2, -0.15) is 0 Å². The molecule has 1 aromatic carbocycles. The van der Waals surface area contributed by atoms with Crippen molar-refractivity contribution in [2.24, 2.45) is 0 Å². The molecule has 0 amide bonds. The lowest BCUT2D eigenvalue weighted by Gasteiger charge is -2.37. The van der Waals surface area contributed by atoms with Gasteiger partial charge in [-0.3, -0.25) is 0 Å². The molecule has 0 aliphatic heterocycles. The van der Waals surface area contributed by atoms with E-state index in [1.54, 1.807) is 32.7 Å². The van der Waals surface area contributed by atoms with Crippen molar-refractivity contribution in [2.75, 3.05) is 0 Å². The second-order valence-electron chi connectivity index (χ2n) is 5.49. The van der Waals surface area contributed by atoms with Crippen LogP contribution in [0.2, 0.25) is 0 Å². The number of rotatable bonds is 4. The van der Waals surface area contributed by atoms with Crippen LogP contribution in [0.5, 0.6) is 0 Å². The molecular formula is C14H18BO2S. The zero-order valence-corrected chi connectivity index (χ0v) is 12.0. The van der Waals surface area contributed by atoms with Crippen molar-refractivity contribution in [3.8, 4) is 0 Å². The molecular weight excluding hydrogens is 243 g/mol. The van der Waals surface area contributed by atoms with Crippen molar-refractivity contribution in [3.05, 3.63) is 30.3 Å². The van der Waals surface area contributed by atoms with Gasteiger partial charge in [0.25, 0.3) is 0 Å². The summed E-state index contributed by atoms with van der Waals surface area (Å²) in [4.78, 5) is 0. The topological polar surface area (TPSA) is 29.5 Å². The highest BCUT2D eigenvalue weighted by molar-refractivity contribution is 7.27. The summed E-state index contributed by atoms with van der Waals surface area (Å²) < 4.78 is 8.05. The zero-order chi connectivity index (χ0) is 13.4. The van der Waals surface area contributed by atoms with Crippen molar-refractivity contribution in [1.29, 1.82) is 0 Å². The summed E-state index contributed by atoms with van der Waals surface area (Å²) in [6, 6.07) is 10.3. The van der Waals surface area contributed by atoms with E-state index in [0.29, 0.717) is 0 Å². The molecule has 0 fully saturated rings. The Morgan fingerprint density at radius 3 is 2.44 bits per heavy atom. The average molecular weight is 261 g/mol.